The van der Waals surface area contributed by atoms with Crippen molar-refractivity contribution in [3.63, 3.8) is 0 Å². The van der Waals surface area contributed by atoms with Gasteiger partial charge in [0, 0.05) is 18.3 Å². The maximum Gasteiger partial charge on any atom is 0.228 e. The van der Waals surface area contributed by atoms with Gasteiger partial charge in [0.05, 0.1) is 5.92 Å². The van der Waals surface area contributed by atoms with Gasteiger partial charge in [-0.05, 0) is 44.3 Å². The molecule has 0 fully saturated rings. The highest BCUT2D eigenvalue weighted by Gasteiger charge is 2.16. The lowest BCUT2D eigenvalue weighted by Crippen LogP contribution is -2.34. The van der Waals surface area contributed by atoms with Crippen LogP contribution in [0.1, 0.15) is 27.7 Å². The summed E-state index contributed by atoms with van der Waals surface area (Å²) in [4.78, 5) is 14.2. The summed E-state index contributed by atoms with van der Waals surface area (Å²) in [5.74, 6) is 0.528. The van der Waals surface area contributed by atoms with Crippen LogP contribution >= 0.6 is 0 Å². The lowest BCUT2D eigenvalue weighted by molar-refractivity contribution is -0.119. The first-order chi connectivity index (χ1) is 10.5. The Bertz CT molecular complexity index is 442. The van der Waals surface area contributed by atoms with Crippen LogP contribution in [0.15, 0.2) is 24.3 Å². The number of benzene rings is 1. The third kappa shape index (κ3) is 6.03. The van der Waals surface area contributed by atoms with E-state index in [1.54, 1.807) is 0 Å². The maximum atomic E-state index is 11.9. The fourth-order valence-electron chi connectivity index (χ4n) is 1.96. The summed E-state index contributed by atoms with van der Waals surface area (Å²) in [6.07, 6.45) is 0. The minimum absolute atomic E-state index is 0.0646. The van der Waals surface area contributed by atoms with Crippen molar-refractivity contribution >= 4 is 11.6 Å². The van der Waals surface area contributed by atoms with E-state index in [2.05, 4.69) is 24.1 Å². The molecule has 0 saturated heterocycles. The number of ether oxygens (including phenoxy) is 1. The summed E-state index contributed by atoms with van der Waals surface area (Å²) in [5, 5.41) is 2.86. The fraction of sp³-hybridized carbons (Fsp3) is 0.588. The van der Waals surface area contributed by atoms with Gasteiger partial charge in [-0.25, -0.2) is 0 Å². The van der Waals surface area contributed by atoms with Crippen molar-refractivity contribution in [3.8, 4) is 5.75 Å². The molecule has 0 radical (unpaired) electrons. The number of rotatable bonds is 9. The first kappa shape index (κ1) is 18.5. The van der Waals surface area contributed by atoms with E-state index in [0.29, 0.717) is 6.61 Å². The number of hydrogen-bond donors (Lipinski definition) is 2. The summed E-state index contributed by atoms with van der Waals surface area (Å²) in [6.45, 7) is 11.6. The molecule has 0 bridgehead atoms. The van der Waals surface area contributed by atoms with Gasteiger partial charge in [-0.1, -0.05) is 20.8 Å². The monoisotopic (exact) mass is 307 g/mol. The smallest absolute Gasteiger partial charge is 0.228 e. The van der Waals surface area contributed by atoms with Crippen LogP contribution in [0.4, 0.5) is 5.69 Å². The van der Waals surface area contributed by atoms with Crippen molar-refractivity contribution in [2.75, 3.05) is 31.6 Å². The molecule has 2 unspecified atom stereocenters. The quantitative estimate of drug-likeness (QED) is 0.735. The standard InChI is InChI=1S/C17H29N3O2/c1-5-20(6-2)11-12-22-16-9-7-15(8-10-16)19-17(21)13(3)14(4)18/h7-10,13-14H,5-6,11-12,18H2,1-4H3,(H,19,21). The highest BCUT2D eigenvalue weighted by Crippen LogP contribution is 2.16. The number of nitrogens with two attached hydrogens (primary N) is 1. The van der Waals surface area contributed by atoms with Crippen LogP contribution in [-0.4, -0.2) is 43.1 Å². The lowest BCUT2D eigenvalue weighted by atomic mass is 10.0. The molecule has 1 amide bonds. The first-order valence-electron chi connectivity index (χ1n) is 7.99. The van der Waals surface area contributed by atoms with Crippen LogP contribution in [0.2, 0.25) is 0 Å². The molecule has 2 atom stereocenters. The van der Waals surface area contributed by atoms with Crippen LogP contribution < -0.4 is 15.8 Å². The van der Waals surface area contributed by atoms with Crippen LogP contribution in [0.3, 0.4) is 0 Å². The molecule has 0 aliphatic heterocycles. The molecule has 0 aliphatic carbocycles. The number of likely N-dealkylation sites (N-methyl/N-ethyl adjacent to an activating group) is 1. The van der Waals surface area contributed by atoms with Gasteiger partial charge in [-0.3, -0.25) is 4.79 Å². The van der Waals surface area contributed by atoms with Crippen LogP contribution in [0.5, 0.6) is 5.75 Å². The molecule has 5 nitrogen and oxygen atoms in total. The van der Waals surface area contributed by atoms with Crippen molar-refractivity contribution in [3.05, 3.63) is 24.3 Å². The molecular formula is C17H29N3O2. The van der Waals surface area contributed by atoms with Crippen molar-refractivity contribution < 1.29 is 9.53 Å². The summed E-state index contributed by atoms with van der Waals surface area (Å²) in [5.41, 5.74) is 6.49. The van der Waals surface area contributed by atoms with E-state index in [1.807, 2.05) is 38.1 Å². The first-order valence-corrected chi connectivity index (χ1v) is 7.99. The molecule has 1 aromatic carbocycles. The molecule has 1 rings (SSSR count). The summed E-state index contributed by atoms with van der Waals surface area (Å²) >= 11 is 0. The second-order valence-corrected chi connectivity index (χ2v) is 5.54. The number of carbonyl (C=O) groups is 1. The summed E-state index contributed by atoms with van der Waals surface area (Å²) < 4.78 is 5.71. The Hall–Kier alpha value is -1.59. The van der Waals surface area contributed by atoms with Gasteiger partial charge in [0.25, 0.3) is 0 Å². The molecule has 124 valence electrons. The molecule has 3 N–H and O–H groups in total. The van der Waals surface area contributed by atoms with Crippen LogP contribution in [0, 0.1) is 5.92 Å². The number of amides is 1. The largest absolute Gasteiger partial charge is 0.492 e. The van der Waals surface area contributed by atoms with Crippen molar-refractivity contribution in [2.45, 2.75) is 33.7 Å². The zero-order chi connectivity index (χ0) is 16.5. The average molecular weight is 307 g/mol. The zero-order valence-corrected chi connectivity index (χ0v) is 14.1. The third-order valence-electron chi connectivity index (χ3n) is 3.89. The van der Waals surface area contributed by atoms with E-state index in [9.17, 15) is 4.79 Å². The maximum absolute atomic E-state index is 11.9. The molecule has 0 aliphatic rings. The second kappa shape index (κ2) is 9.43. The van der Waals surface area contributed by atoms with Crippen LogP contribution in [-0.2, 0) is 4.79 Å². The van der Waals surface area contributed by atoms with Crippen LogP contribution in [0.25, 0.3) is 0 Å². The van der Waals surface area contributed by atoms with E-state index in [-0.39, 0.29) is 17.9 Å². The molecule has 0 aromatic heterocycles. The lowest BCUT2D eigenvalue weighted by Gasteiger charge is -2.18. The molecule has 22 heavy (non-hydrogen) atoms. The highest BCUT2D eigenvalue weighted by molar-refractivity contribution is 5.92. The molecule has 0 saturated carbocycles. The van der Waals surface area contributed by atoms with Crippen molar-refractivity contribution in [1.29, 1.82) is 0 Å². The third-order valence-corrected chi connectivity index (χ3v) is 3.89. The second-order valence-electron chi connectivity index (χ2n) is 5.54. The Kier molecular flexibility index (Phi) is 7.91. The predicted octanol–water partition coefficient (Wildman–Crippen LogP) is 2.33. The predicted molar refractivity (Wildman–Crippen MR) is 91.2 cm³/mol. The van der Waals surface area contributed by atoms with E-state index >= 15 is 0 Å². The molecule has 5 heteroatoms. The van der Waals surface area contributed by atoms with Gasteiger partial charge in [0.1, 0.15) is 12.4 Å². The van der Waals surface area contributed by atoms with E-state index < -0.39 is 0 Å². The SMILES string of the molecule is CCN(CC)CCOc1ccc(NC(=O)C(C)C(C)N)cc1. The van der Waals surface area contributed by atoms with Crippen molar-refractivity contribution in [2.24, 2.45) is 11.7 Å². The number of anilines is 1. The number of nitrogens with one attached hydrogen (secondary N) is 1. The van der Waals surface area contributed by atoms with Gasteiger partial charge in [0.2, 0.25) is 5.91 Å². The normalized spacial score (nSPS) is 13.7. The van der Waals surface area contributed by atoms with Gasteiger partial charge in [0.15, 0.2) is 0 Å². The Balaban J connectivity index is 2.44. The highest BCUT2D eigenvalue weighted by atomic mass is 16.5. The number of nitrogens with zero attached hydrogens (tertiary/aromatic N) is 1. The van der Waals surface area contributed by atoms with Gasteiger partial charge < -0.3 is 20.7 Å². The minimum Gasteiger partial charge on any atom is -0.492 e. The van der Waals surface area contributed by atoms with Gasteiger partial charge in [-0.15, -0.1) is 0 Å². The Morgan fingerprint density at radius 1 is 1.23 bits per heavy atom. The molecular weight excluding hydrogens is 278 g/mol. The number of hydrogen-bond acceptors (Lipinski definition) is 4. The van der Waals surface area contributed by atoms with Crippen molar-refractivity contribution in [1.82, 2.24) is 4.90 Å². The topological polar surface area (TPSA) is 67.6 Å². The van der Waals surface area contributed by atoms with Gasteiger partial charge in [-0.2, -0.15) is 0 Å². The Morgan fingerprint density at radius 3 is 2.32 bits per heavy atom. The molecule has 0 heterocycles. The summed E-state index contributed by atoms with van der Waals surface area (Å²) in [7, 11) is 0. The average Bonchev–Trinajstić information content (AvgIpc) is 2.52. The fourth-order valence-corrected chi connectivity index (χ4v) is 1.96. The summed E-state index contributed by atoms with van der Waals surface area (Å²) in [6, 6.07) is 7.27. The van der Waals surface area contributed by atoms with E-state index in [0.717, 1.165) is 31.1 Å². The van der Waals surface area contributed by atoms with E-state index in [1.165, 1.54) is 0 Å². The minimum atomic E-state index is -0.218. The Labute approximate surface area is 133 Å². The molecule has 0 spiro atoms. The number of carbonyl (C=O) groups excluding carboxylic acids is 1. The Morgan fingerprint density at radius 2 is 1.82 bits per heavy atom. The van der Waals surface area contributed by atoms with Gasteiger partial charge >= 0.3 is 0 Å². The zero-order valence-electron chi connectivity index (χ0n) is 14.1. The van der Waals surface area contributed by atoms with E-state index in [4.69, 9.17) is 10.5 Å². The molecule has 1 aromatic rings.